The number of rotatable bonds is 6. The molecule has 3 rings (SSSR count). The molecule has 0 bridgehead atoms. The first kappa shape index (κ1) is 25.5. The topological polar surface area (TPSA) is 80.7 Å². The number of hydrogen-bond acceptors (Lipinski definition) is 6. The van der Waals surface area contributed by atoms with E-state index in [2.05, 4.69) is 13.8 Å². The van der Waals surface area contributed by atoms with Crippen molar-refractivity contribution in [2.24, 2.45) is 0 Å². The predicted octanol–water partition coefficient (Wildman–Crippen LogP) is 5.83. The largest absolute Gasteiger partial charge is 0.481 e. The average molecular weight is 465 g/mol. The Kier molecular flexibility index (Phi) is 10.2. The Morgan fingerprint density at radius 2 is 1.87 bits per heavy atom. The van der Waals surface area contributed by atoms with Crippen molar-refractivity contribution in [2.45, 2.75) is 66.2 Å². The Bertz CT molecular complexity index is 861. The number of ketones is 1. The third-order valence-electron chi connectivity index (χ3n) is 5.51. The standard InChI is InChI=1S/C13H18O4S.C11H14OS/c1-3-17-13(16)11-5-4-10(8-9(11)2)18-7-6-12(14)15;1-7-3-4-10-11(8(7)2)9(12)5-6-13-10/h8H,3-7H2,1-2H3,(H,14,15);3-6H2,1-2H3. The molecule has 1 N–H and O–H groups in total. The normalized spacial score (nSPS) is 18.8. The average Bonchev–Trinajstić information content (AvgIpc) is 2.71. The molecule has 0 spiro atoms. The van der Waals surface area contributed by atoms with E-state index in [1.807, 2.05) is 24.8 Å². The van der Waals surface area contributed by atoms with E-state index in [-0.39, 0.29) is 12.4 Å². The summed E-state index contributed by atoms with van der Waals surface area (Å²) >= 11 is 3.43. The molecule has 7 heteroatoms. The van der Waals surface area contributed by atoms with Gasteiger partial charge in [-0.3, -0.25) is 9.59 Å². The molecule has 0 aromatic carbocycles. The van der Waals surface area contributed by atoms with Crippen molar-refractivity contribution in [2.75, 3.05) is 18.1 Å². The molecule has 0 saturated carbocycles. The van der Waals surface area contributed by atoms with Crippen LogP contribution in [-0.2, 0) is 19.1 Å². The van der Waals surface area contributed by atoms with E-state index >= 15 is 0 Å². The Hall–Kier alpha value is -1.73. The Balaban J connectivity index is 0.000000231. The molecule has 0 amide bonds. The van der Waals surface area contributed by atoms with Crippen LogP contribution in [0.3, 0.4) is 0 Å². The van der Waals surface area contributed by atoms with Crippen LogP contribution in [0.4, 0.5) is 0 Å². The first-order valence-electron chi connectivity index (χ1n) is 10.7. The highest BCUT2D eigenvalue weighted by atomic mass is 32.2. The van der Waals surface area contributed by atoms with Crippen LogP contribution in [0.15, 0.2) is 43.8 Å². The molecule has 0 saturated heterocycles. The Labute approximate surface area is 193 Å². The Morgan fingerprint density at radius 1 is 1.13 bits per heavy atom. The number of carboxylic acids is 1. The molecule has 0 fully saturated rings. The minimum absolute atomic E-state index is 0.162. The molecular formula is C24H32O5S2. The highest BCUT2D eigenvalue weighted by molar-refractivity contribution is 8.03. The number of carbonyl (C=O) groups excluding carboxylic acids is 2. The fourth-order valence-electron chi connectivity index (χ4n) is 3.65. The number of carbonyl (C=O) groups is 3. The van der Waals surface area contributed by atoms with E-state index in [1.165, 1.54) is 16.1 Å². The number of allylic oxidation sites excluding steroid dienone is 7. The van der Waals surface area contributed by atoms with Crippen LogP contribution in [-0.4, -0.2) is 40.9 Å². The number of carboxylic acid groups (broad SMARTS) is 1. The minimum atomic E-state index is -0.779. The van der Waals surface area contributed by atoms with Crippen LogP contribution < -0.4 is 0 Å². The van der Waals surface area contributed by atoms with E-state index in [0.717, 1.165) is 53.1 Å². The number of ether oxygens (including phenoxy) is 1. The van der Waals surface area contributed by atoms with Crippen molar-refractivity contribution in [3.05, 3.63) is 43.8 Å². The summed E-state index contributed by atoms with van der Waals surface area (Å²) in [5, 5.41) is 8.57. The van der Waals surface area contributed by atoms with E-state index in [9.17, 15) is 14.4 Å². The van der Waals surface area contributed by atoms with Crippen molar-refractivity contribution >= 4 is 41.2 Å². The second-order valence-corrected chi connectivity index (χ2v) is 10.1. The van der Waals surface area contributed by atoms with Crippen LogP contribution in [0.5, 0.6) is 0 Å². The highest BCUT2D eigenvalue weighted by Gasteiger charge is 2.25. The van der Waals surface area contributed by atoms with E-state index in [1.54, 1.807) is 18.7 Å². The fraction of sp³-hybridized carbons (Fsp3) is 0.542. The van der Waals surface area contributed by atoms with Crippen molar-refractivity contribution in [1.29, 1.82) is 0 Å². The molecule has 0 atom stereocenters. The number of thioether (sulfide) groups is 2. The maximum absolute atomic E-state index is 11.7. The highest BCUT2D eigenvalue weighted by Crippen LogP contribution is 2.40. The molecule has 5 nitrogen and oxygen atoms in total. The van der Waals surface area contributed by atoms with Crippen LogP contribution in [0.1, 0.15) is 66.2 Å². The van der Waals surface area contributed by atoms with Gasteiger partial charge in [-0.15, -0.1) is 23.5 Å². The van der Waals surface area contributed by atoms with Gasteiger partial charge < -0.3 is 9.84 Å². The lowest BCUT2D eigenvalue weighted by Crippen LogP contribution is -2.16. The smallest absolute Gasteiger partial charge is 0.334 e. The van der Waals surface area contributed by atoms with Gasteiger partial charge in [-0.25, -0.2) is 4.79 Å². The molecule has 0 aromatic rings. The summed E-state index contributed by atoms with van der Waals surface area (Å²) in [6.07, 6.45) is 6.55. The van der Waals surface area contributed by atoms with Crippen LogP contribution in [0.25, 0.3) is 0 Å². The predicted molar refractivity (Wildman–Crippen MR) is 128 cm³/mol. The monoisotopic (exact) mass is 464 g/mol. The van der Waals surface area contributed by atoms with Gasteiger partial charge >= 0.3 is 11.9 Å². The zero-order chi connectivity index (χ0) is 23.0. The lowest BCUT2D eigenvalue weighted by Gasteiger charge is -2.25. The molecule has 0 aromatic heterocycles. The van der Waals surface area contributed by atoms with Gasteiger partial charge in [0.2, 0.25) is 0 Å². The minimum Gasteiger partial charge on any atom is -0.481 e. The first-order valence-corrected chi connectivity index (χ1v) is 12.7. The van der Waals surface area contributed by atoms with Crippen molar-refractivity contribution in [3.63, 3.8) is 0 Å². The number of aliphatic carboxylic acids is 1. The zero-order valence-electron chi connectivity index (χ0n) is 18.8. The maximum atomic E-state index is 11.7. The third kappa shape index (κ3) is 7.42. The maximum Gasteiger partial charge on any atom is 0.334 e. The lowest BCUT2D eigenvalue weighted by atomic mass is 9.89. The van der Waals surface area contributed by atoms with Crippen LogP contribution in [0, 0.1) is 0 Å². The molecule has 2 aliphatic carbocycles. The molecular weight excluding hydrogens is 432 g/mol. The van der Waals surface area contributed by atoms with Crippen molar-refractivity contribution in [3.8, 4) is 0 Å². The lowest BCUT2D eigenvalue weighted by molar-refractivity contribution is -0.139. The summed E-state index contributed by atoms with van der Waals surface area (Å²) in [5.74, 6) is 0.914. The van der Waals surface area contributed by atoms with Gasteiger partial charge in [-0.1, -0.05) is 5.57 Å². The van der Waals surface area contributed by atoms with Gasteiger partial charge in [0.05, 0.1) is 13.0 Å². The molecule has 170 valence electrons. The summed E-state index contributed by atoms with van der Waals surface area (Å²) in [6.45, 7) is 8.31. The number of esters is 1. The van der Waals surface area contributed by atoms with Gasteiger partial charge in [0.15, 0.2) is 5.78 Å². The number of hydrogen-bond donors (Lipinski definition) is 1. The van der Waals surface area contributed by atoms with Crippen LogP contribution >= 0.6 is 23.5 Å². The summed E-state index contributed by atoms with van der Waals surface area (Å²) in [5.41, 5.74) is 5.37. The van der Waals surface area contributed by atoms with Crippen molar-refractivity contribution in [1.82, 2.24) is 0 Å². The van der Waals surface area contributed by atoms with Gasteiger partial charge in [-0.05, 0) is 80.4 Å². The van der Waals surface area contributed by atoms with E-state index in [4.69, 9.17) is 9.84 Å². The molecule has 0 unspecified atom stereocenters. The van der Waals surface area contributed by atoms with Gasteiger partial charge in [0.25, 0.3) is 0 Å². The van der Waals surface area contributed by atoms with Gasteiger partial charge in [0, 0.05) is 29.1 Å². The molecule has 31 heavy (non-hydrogen) atoms. The summed E-state index contributed by atoms with van der Waals surface area (Å²) in [4.78, 5) is 36.2. The van der Waals surface area contributed by atoms with Crippen molar-refractivity contribution < 1.29 is 24.2 Å². The third-order valence-corrected chi connectivity index (χ3v) is 7.77. The van der Waals surface area contributed by atoms with Gasteiger partial charge in [0.1, 0.15) is 0 Å². The fourth-order valence-corrected chi connectivity index (χ4v) is 5.88. The summed E-state index contributed by atoms with van der Waals surface area (Å²) < 4.78 is 4.99. The van der Waals surface area contributed by atoms with Gasteiger partial charge in [-0.2, -0.15) is 0 Å². The molecule has 0 radical (unpaired) electrons. The second-order valence-electron chi connectivity index (χ2n) is 7.71. The second kappa shape index (κ2) is 12.3. The zero-order valence-corrected chi connectivity index (χ0v) is 20.5. The SMILES string of the molecule is CC1=C(C)C2=C(CC1)SCCC2=O.CCOC(=O)C1=C(C)C=C(SCCC(=O)O)CC1. The molecule has 1 heterocycles. The summed E-state index contributed by atoms with van der Waals surface area (Å²) in [6, 6.07) is 0. The molecule has 3 aliphatic rings. The van der Waals surface area contributed by atoms with E-state index in [0.29, 0.717) is 24.6 Å². The van der Waals surface area contributed by atoms with Crippen LogP contribution in [0.2, 0.25) is 0 Å². The summed E-state index contributed by atoms with van der Waals surface area (Å²) in [7, 11) is 0. The first-order chi connectivity index (χ1) is 14.7. The molecule has 1 aliphatic heterocycles. The number of Topliss-reactive ketones (excluding diaryl/α,β-unsaturated/α-hetero) is 1. The quantitative estimate of drug-likeness (QED) is 0.495. The Morgan fingerprint density at radius 3 is 2.52 bits per heavy atom. The van der Waals surface area contributed by atoms with E-state index < -0.39 is 5.97 Å².